The predicted octanol–water partition coefficient (Wildman–Crippen LogP) is 4.23. The summed E-state index contributed by atoms with van der Waals surface area (Å²) in [5.74, 6) is -1.59. The van der Waals surface area contributed by atoms with Gasteiger partial charge in [0.15, 0.2) is 0 Å². The van der Waals surface area contributed by atoms with Crippen molar-refractivity contribution in [3.8, 4) is 0 Å². The van der Waals surface area contributed by atoms with E-state index in [0.29, 0.717) is 5.56 Å². The zero-order valence-corrected chi connectivity index (χ0v) is 23.4. The number of ether oxygens (including phenoxy) is 2. The lowest BCUT2D eigenvalue weighted by Gasteiger charge is -2.38. The number of rotatable bonds is 12. The summed E-state index contributed by atoms with van der Waals surface area (Å²) >= 11 is 0. The zero-order valence-electron chi connectivity index (χ0n) is 23.4. The second-order valence-electron chi connectivity index (χ2n) is 10.3. The first kappa shape index (κ1) is 31.7. The first-order valence-corrected chi connectivity index (χ1v) is 12.7. The van der Waals surface area contributed by atoms with Gasteiger partial charge in [-0.15, -0.1) is 0 Å². The normalized spacial score (nSPS) is 12.9. The highest BCUT2D eigenvalue weighted by Crippen LogP contribution is 2.27. The quantitative estimate of drug-likeness (QED) is 0.401. The van der Waals surface area contributed by atoms with Crippen LogP contribution in [0.15, 0.2) is 30.8 Å². The Morgan fingerprint density at radius 1 is 1.11 bits per heavy atom. The number of amides is 3. The van der Waals surface area contributed by atoms with E-state index in [-0.39, 0.29) is 25.5 Å². The minimum absolute atomic E-state index is 0.00341. The number of hydrogen-bond acceptors (Lipinski definition) is 6. The molecule has 0 aliphatic carbocycles. The van der Waals surface area contributed by atoms with Crippen molar-refractivity contribution < 1.29 is 28.7 Å². The highest BCUT2D eigenvalue weighted by Gasteiger charge is 2.38. The van der Waals surface area contributed by atoms with Crippen molar-refractivity contribution in [2.75, 3.05) is 13.2 Å². The molecule has 37 heavy (non-hydrogen) atoms. The Kier molecular flexibility index (Phi) is 12.3. The van der Waals surface area contributed by atoms with Crippen molar-refractivity contribution in [2.45, 2.75) is 85.5 Å². The van der Waals surface area contributed by atoms with Crippen molar-refractivity contribution in [1.29, 1.82) is 0 Å². The maximum absolute atomic E-state index is 13.9. The molecule has 0 aliphatic rings. The molecule has 206 valence electrons. The Bertz CT molecular complexity index is 951. The highest BCUT2D eigenvalue weighted by molar-refractivity contribution is 5.92. The monoisotopic (exact) mass is 517 g/mol. The van der Waals surface area contributed by atoms with Crippen LogP contribution < -0.4 is 10.6 Å². The van der Waals surface area contributed by atoms with E-state index in [1.807, 2.05) is 19.9 Å². The molecule has 2 unspecified atom stereocenters. The molecule has 0 saturated carbocycles. The van der Waals surface area contributed by atoms with E-state index in [9.17, 15) is 19.2 Å². The smallest absolute Gasteiger partial charge is 0.408 e. The third-order valence-corrected chi connectivity index (χ3v) is 5.34. The summed E-state index contributed by atoms with van der Waals surface area (Å²) < 4.78 is 10.3. The van der Waals surface area contributed by atoms with E-state index in [4.69, 9.17) is 9.47 Å². The van der Waals surface area contributed by atoms with Crippen molar-refractivity contribution in [2.24, 2.45) is 5.92 Å². The molecule has 3 amide bonds. The fraction of sp³-hybridized carbons (Fsp3) is 0.571. The van der Waals surface area contributed by atoms with Gasteiger partial charge in [-0.1, -0.05) is 44.7 Å². The lowest BCUT2D eigenvalue weighted by atomic mass is 9.96. The molecule has 0 bridgehead atoms. The number of carbonyl (C=O) groups is 4. The molecule has 0 aliphatic heterocycles. The van der Waals surface area contributed by atoms with Crippen molar-refractivity contribution >= 4 is 30.0 Å². The largest absolute Gasteiger partial charge is 0.466 e. The minimum atomic E-state index is -1.02. The van der Waals surface area contributed by atoms with Gasteiger partial charge in [0.1, 0.15) is 17.7 Å². The first-order valence-electron chi connectivity index (χ1n) is 12.7. The number of benzene rings is 1. The molecule has 1 aromatic carbocycles. The summed E-state index contributed by atoms with van der Waals surface area (Å²) in [6.07, 6.45) is 0.942. The van der Waals surface area contributed by atoms with Gasteiger partial charge in [-0.2, -0.15) is 0 Å². The van der Waals surface area contributed by atoms with Crippen LogP contribution in [0.1, 0.15) is 79.0 Å². The molecule has 0 heterocycles. The number of carbonyl (C=O) groups excluding carboxylic acids is 4. The minimum Gasteiger partial charge on any atom is -0.466 e. The van der Waals surface area contributed by atoms with Crippen LogP contribution in [0.5, 0.6) is 0 Å². The van der Waals surface area contributed by atoms with Gasteiger partial charge >= 0.3 is 12.1 Å². The molecule has 0 saturated heterocycles. The van der Waals surface area contributed by atoms with Crippen molar-refractivity contribution in [1.82, 2.24) is 15.5 Å². The second-order valence-corrected chi connectivity index (χ2v) is 10.3. The molecule has 0 aromatic heterocycles. The Labute approximate surface area is 221 Å². The topological polar surface area (TPSA) is 114 Å². The summed E-state index contributed by atoms with van der Waals surface area (Å²) in [4.78, 5) is 53.3. The van der Waals surface area contributed by atoms with Gasteiger partial charge in [0, 0.05) is 12.6 Å². The molecule has 1 aromatic rings. The van der Waals surface area contributed by atoms with Crippen molar-refractivity contribution in [3.05, 3.63) is 42.0 Å². The summed E-state index contributed by atoms with van der Waals surface area (Å²) in [7, 11) is 0. The second kappa shape index (κ2) is 14.4. The van der Waals surface area contributed by atoms with E-state index in [1.165, 1.54) is 4.90 Å². The number of esters is 1. The van der Waals surface area contributed by atoms with Crippen LogP contribution in [0.2, 0.25) is 0 Å². The van der Waals surface area contributed by atoms with Gasteiger partial charge in [0.25, 0.3) is 0 Å². The van der Waals surface area contributed by atoms with Gasteiger partial charge in [0.2, 0.25) is 11.8 Å². The summed E-state index contributed by atoms with van der Waals surface area (Å²) in [6.45, 7) is 18.3. The summed E-state index contributed by atoms with van der Waals surface area (Å²) in [6, 6.07) is 4.82. The summed E-state index contributed by atoms with van der Waals surface area (Å²) in [5.41, 5.74) is 0.622. The lowest BCUT2D eigenvalue weighted by Crippen LogP contribution is -2.56. The van der Waals surface area contributed by atoms with Crippen LogP contribution in [-0.2, 0) is 23.9 Å². The predicted molar refractivity (Wildman–Crippen MR) is 144 cm³/mol. The molecule has 0 spiro atoms. The molecule has 0 fully saturated rings. The molecule has 2 N–H and O–H groups in total. The van der Waals surface area contributed by atoms with Gasteiger partial charge < -0.3 is 25.0 Å². The van der Waals surface area contributed by atoms with E-state index in [2.05, 4.69) is 17.2 Å². The van der Waals surface area contributed by atoms with Crippen LogP contribution in [0.3, 0.4) is 0 Å². The zero-order chi connectivity index (χ0) is 28.3. The Hall–Kier alpha value is -3.36. The number of alkyl carbamates (subject to hydrolysis) is 1. The molecule has 9 nitrogen and oxygen atoms in total. The van der Waals surface area contributed by atoms with Crippen LogP contribution in [0.25, 0.3) is 6.08 Å². The summed E-state index contributed by atoms with van der Waals surface area (Å²) in [5, 5.41) is 5.45. The molecular weight excluding hydrogens is 474 g/mol. The van der Waals surface area contributed by atoms with Crippen LogP contribution in [0.4, 0.5) is 4.79 Å². The van der Waals surface area contributed by atoms with E-state index < -0.39 is 47.6 Å². The number of hydrogen-bond donors (Lipinski definition) is 2. The standard InChI is InChI=1S/C28H43N3O6/c1-10-20-13-12-14-21(17-20)24(25(33)29-16-15-22(32)36-11-2)31(19(5)6)26(34)23(18(3)4)30-27(35)37-28(7,8)9/h10,12-14,17-19,23-24H,1,11,15-16H2,2-9H3,(H,29,33)(H,30,35). The lowest BCUT2D eigenvalue weighted by molar-refractivity contribution is -0.146. The maximum atomic E-state index is 13.9. The van der Waals surface area contributed by atoms with E-state index >= 15 is 0 Å². The first-order chi connectivity index (χ1) is 17.2. The Balaban J connectivity index is 3.40. The van der Waals surface area contributed by atoms with E-state index in [1.54, 1.807) is 65.8 Å². The molecule has 9 heteroatoms. The SMILES string of the molecule is C=Cc1cccc(C(C(=O)NCCC(=O)OCC)N(C(=O)C(NC(=O)OC(C)(C)C)C(C)C)C(C)C)c1. The van der Waals surface area contributed by atoms with Gasteiger partial charge in [0.05, 0.1) is 13.0 Å². The molecule has 0 radical (unpaired) electrons. The Morgan fingerprint density at radius 2 is 1.76 bits per heavy atom. The maximum Gasteiger partial charge on any atom is 0.408 e. The third kappa shape index (κ3) is 10.3. The van der Waals surface area contributed by atoms with Crippen LogP contribution in [-0.4, -0.2) is 59.6 Å². The van der Waals surface area contributed by atoms with Crippen molar-refractivity contribution in [3.63, 3.8) is 0 Å². The Morgan fingerprint density at radius 3 is 2.27 bits per heavy atom. The van der Waals surface area contributed by atoms with E-state index in [0.717, 1.165) is 5.56 Å². The average Bonchev–Trinajstić information content (AvgIpc) is 2.79. The molecule has 1 rings (SSSR count). The van der Waals surface area contributed by atoms with Gasteiger partial charge in [-0.05, 0) is 64.7 Å². The van der Waals surface area contributed by atoms with Crippen LogP contribution in [0, 0.1) is 5.92 Å². The average molecular weight is 518 g/mol. The van der Waals surface area contributed by atoms with Crippen LogP contribution >= 0.6 is 0 Å². The van der Waals surface area contributed by atoms with Gasteiger partial charge in [-0.25, -0.2) is 4.79 Å². The van der Waals surface area contributed by atoms with Gasteiger partial charge in [-0.3, -0.25) is 14.4 Å². The number of nitrogens with one attached hydrogen (secondary N) is 2. The number of nitrogens with zero attached hydrogens (tertiary/aromatic N) is 1. The molecular formula is C28H43N3O6. The third-order valence-electron chi connectivity index (χ3n) is 5.34. The fourth-order valence-corrected chi connectivity index (χ4v) is 3.70. The molecule has 2 atom stereocenters. The highest BCUT2D eigenvalue weighted by atomic mass is 16.6. The fourth-order valence-electron chi connectivity index (χ4n) is 3.70.